The van der Waals surface area contributed by atoms with Crippen LogP contribution >= 0.6 is 0 Å². The molecular weight excluding hydrogens is 534 g/mol. The average molecular weight is 578 g/mol. The first-order chi connectivity index (χ1) is 20.1. The summed E-state index contributed by atoms with van der Waals surface area (Å²) in [5, 5.41) is 15.3. The second-order valence-corrected chi connectivity index (χ2v) is 12.1. The number of hydrogen-bond acceptors (Lipinski definition) is 6. The Hall–Kier alpha value is -3.43. The van der Waals surface area contributed by atoms with Gasteiger partial charge >= 0.3 is 0 Å². The molecule has 3 fully saturated rings. The van der Waals surface area contributed by atoms with Crippen molar-refractivity contribution >= 4 is 29.1 Å². The third-order valence-corrected chi connectivity index (χ3v) is 9.28. The molecule has 5 atom stereocenters. The van der Waals surface area contributed by atoms with E-state index in [-0.39, 0.29) is 24.3 Å². The Morgan fingerprint density at radius 2 is 1.69 bits per heavy atom. The molecule has 3 aliphatic rings. The molecule has 2 bridgehead atoms. The Morgan fingerprint density at radius 3 is 2.36 bits per heavy atom. The van der Waals surface area contributed by atoms with Gasteiger partial charge in [-0.2, -0.15) is 0 Å². The van der Waals surface area contributed by atoms with Crippen LogP contribution < -0.4 is 15.4 Å². The number of aryl methyl sites for hydroxylation is 2. The maximum absolute atomic E-state index is 14.2. The van der Waals surface area contributed by atoms with E-state index in [0.29, 0.717) is 50.3 Å². The summed E-state index contributed by atoms with van der Waals surface area (Å²) in [6, 6.07) is 12.2. The van der Waals surface area contributed by atoms with Gasteiger partial charge in [-0.25, -0.2) is 0 Å². The molecule has 2 aromatic rings. The second-order valence-electron chi connectivity index (χ2n) is 12.1. The van der Waals surface area contributed by atoms with Crippen molar-refractivity contribution in [1.29, 1.82) is 0 Å². The van der Waals surface area contributed by atoms with Crippen molar-refractivity contribution in [1.82, 2.24) is 4.90 Å². The third-order valence-electron chi connectivity index (χ3n) is 9.28. The van der Waals surface area contributed by atoms with Gasteiger partial charge in [0.1, 0.15) is 17.4 Å². The van der Waals surface area contributed by atoms with E-state index in [1.165, 1.54) is 0 Å². The van der Waals surface area contributed by atoms with E-state index in [2.05, 4.69) is 10.6 Å². The molecule has 2 unspecified atom stereocenters. The molecule has 3 heterocycles. The fraction of sp³-hybridized carbons (Fsp3) is 0.545. The van der Waals surface area contributed by atoms with Gasteiger partial charge in [0.25, 0.3) is 0 Å². The number of likely N-dealkylation sites (tertiary alicyclic amines) is 1. The lowest BCUT2D eigenvalue weighted by Crippen LogP contribution is -2.53. The van der Waals surface area contributed by atoms with E-state index in [4.69, 9.17) is 14.6 Å². The SMILES string of the molecule is CCOc1ccc(NC(=O)[C@@H]2[C@H]3C(=O)N(CCCCCCO)C(C(=O)Nc4c(C)cccc4C)C34CC[C@@]2(C)O4)cc1. The monoisotopic (exact) mass is 577 g/mol. The highest BCUT2D eigenvalue weighted by Gasteiger charge is 2.77. The number of aliphatic hydroxyl groups is 1. The van der Waals surface area contributed by atoms with Crippen LogP contribution in [0, 0.1) is 25.7 Å². The molecule has 226 valence electrons. The predicted octanol–water partition coefficient (Wildman–Crippen LogP) is 4.60. The number of rotatable bonds is 12. The number of carbonyl (C=O) groups excluding carboxylic acids is 3. The Balaban J connectivity index is 1.44. The largest absolute Gasteiger partial charge is 0.494 e. The number of benzene rings is 2. The highest BCUT2D eigenvalue weighted by Crippen LogP contribution is 2.63. The number of fused-ring (bicyclic) bond motifs is 1. The molecule has 9 heteroatoms. The van der Waals surface area contributed by atoms with Gasteiger partial charge in [-0.15, -0.1) is 0 Å². The number of para-hydroxylation sites is 1. The molecule has 0 radical (unpaired) electrons. The highest BCUT2D eigenvalue weighted by atomic mass is 16.5. The maximum Gasteiger partial charge on any atom is 0.250 e. The number of unbranched alkanes of at least 4 members (excludes halogenated alkanes) is 3. The molecule has 0 saturated carbocycles. The summed E-state index contributed by atoms with van der Waals surface area (Å²) < 4.78 is 12.2. The topological polar surface area (TPSA) is 117 Å². The Bertz CT molecular complexity index is 1310. The summed E-state index contributed by atoms with van der Waals surface area (Å²) in [7, 11) is 0. The summed E-state index contributed by atoms with van der Waals surface area (Å²) >= 11 is 0. The summed E-state index contributed by atoms with van der Waals surface area (Å²) in [6.45, 7) is 8.77. The molecule has 42 heavy (non-hydrogen) atoms. The zero-order valence-corrected chi connectivity index (χ0v) is 25.1. The van der Waals surface area contributed by atoms with Crippen molar-refractivity contribution in [3.05, 3.63) is 53.6 Å². The highest BCUT2D eigenvalue weighted by molar-refractivity contribution is 6.05. The van der Waals surface area contributed by atoms with E-state index in [9.17, 15) is 14.4 Å². The lowest BCUT2D eigenvalue weighted by Gasteiger charge is -2.33. The van der Waals surface area contributed by atoms with Gasteiger partial charge < -0.3 is 30.1 Å². The number of ether oxygens (including phenoxy) is 2. The van der Waals surface area contributed by atoms with E-state index < -0.39 is 29.1 Å². The van der Waals surface area contributed by atoms with Crippen LogP contribution in [0.4, 0.5) is 11.4 Å². The van der Waals surface area contributed by atoms with Crippen LogP contribution in [0.3, 0.4) is 0 Å². The van der Waals surface area contributed by atoms with Gasteiger partial charge in [0.2, 0.25) is 17.7 Å². The molecule has 3 aliphatic heterocycles. The molecule has 2 aromatic carbocycles. The summed E-state index contributed by atoms with van der Waals surface area (Å²) in [6.07, 6.45) is 4.17. The van der Waals surface area contributed by atoms with Crippen molar-refractivity contribution in [2.24, 2.45) is 11.8 Å². The van der Waals surface area contributed by atoms with Gasteiger partial charge in [0.15, 0.2) is 0 Å². The van der Waals surface area contributed by atoms with Gasteiger partial charge in [0.05, 0.1) is 24.0 Å². The number of nitrogens with zero attached hydrogens (tertiary/aromatic N) is 1. The van der Waals surface area contributed by atoms with Crippen LogP contribution in [-0.4, -0.2) is 64.7 Å². The molecule has 5 rings (SSSR count). The van der Waals surface area contributed by atoms with E-state index in [1.807, 2.05) is 45.9 Å². The molecule has 0 aliphatic carbocycles. The molecule has 9 nitrogen and oxygen atoms in total. The van der Waals surface area contributed by atoms with Crippen molar-refractivity contribution in [3.63, 3.8) is 0 Å². The quantitative estimate of drug-likeness (QED) is 0.318. The summed E-state index contributed by atoms with van der Waals surface area (Å²) in [5.74, 6) is -1.54. The van der Waals surface area contributed by atoms with Gasteiger partial charge in [-0.05, 0) is 88.8 Å². The van der Waals surface area contributed by atoms with Crippen LogP contribution in [-0.2, 0) is 19.1 Å². The van der Waals surface area contributed by atoms with E-state index >= 15 is 0 Å². The van der Waals surface area contributed by atoms with Gasteiger partial charge in [-0.1, -0.05) is 31.0 Å². The first-order valence-electron chi connectivity index (χ1n) is 15.2. The number of carbonyl (C=O) groups is 3. The van der Waals surface area contributed by atoms with E-state index in [1.54, 1.807) is 29.2 Å². The molecule has 3 amide bonds. The van der Waals surface area contributed by atoms with Crippen LogP contribution in [0.15, 0.2) is 42.5 Å². The predicted molar refractivity (Wildman–Crippen MR) is 160 cm³/mol. The minimum absolute atomic E-state index is 0.131. The van der Waals surface area contributed by atoms with Crippen LogP contribution in [0.1, 0.15) is 63.5 Å². The fourth-order valence-electron chi connectivity index (χ4n) is 7.34. The molecular formula is C33H43N3O6. The van der Waals surface area contributed by atoms with Crippen LogP contribution in [0.5, 0.6) is 5.75 Å². The first-order valence-corrected chi connectivity index (χ1v) is 15.2. The summed E-state index contributed by atoms with van der Waals surface area (Å²) in [4.78, 5) is 44.0. The number of nitrogens with one attached hydrogen (secondary N) is 2. The standard InChI is InChI=1S/C33H43N3O6/c1-5-41-24-15-13-23(14-16-24)34-29(38)25-26-31(40)36(19-8-6-7-9-20-37)28(33(26)18-17-32(25,4)42-33)30(39)35-27-21(2)11-10-12-22(27)3/h10-16,25-26,28,37H,5-9,17-20H2,1-4H3,(H,34,38)(H,35,39)/t25-,26-,28?,32+,33?/m0/s1. The van der Waals surface area contributed by atoms with Crippen molar-refractivity contribution in [2.75, 3.05) is 30.4 Å². The lowest BCUT2D eigenvalue weighted by molar-refractivity contribution is -0.143. The average Bonchev–Trinajstić information content (AvgIpc) is 3.52. The van der Waals surface area contributed by atoms with Crippen molar-refractivity contribution < 1.29 is 29.0 Å². The number of anilines is 2. The van der Waals surface area contributed by atoms with E-state index in [0.717, 1.165) is 29.7 Å². The second kappa shape index (κ2) is 12.1. The number of aliphatic hydroxyl groups excluding tert-OH is 1. The number of hydrogen-bond donors (Lipinski definition) is 3. The zero-order chi connectivity index (χ0) is 30.1. The summed E-state index contributed by atoms with van der Waals surface area (Å²) in [5.41, 5.74) is 1.28. The molecule has 1 spiro atoms. The molecule has 3 saturated heterocycles. The number of amides is 3. The Kier molecular flexibility index (Phi) is 8.62. The third kappa shape index (κ3) is 5.28. The minimum atomic E-state index is -1.08. The Labute approximate surface area is 248 Å². The smallest absolute Gasteiger partial charge is 0.250 e. The normalized spacial score (nSPS) is 27.7. The fourth-order valence-corrected chi connectivity index (χ4v) is 7.34. The Morgan fingerprint density at radius 1 is 1.00 bits per heavy atom. The van der Waals surface area contributed by atoms with Crippen molar-refractivity contribution in [2.45, 2.75) is 83.5 Å². The molecule has 3 N–H and O–H groups in total. The maximum atomic E-state index is 14.2. The van der Waals surface area contributed by atoms with Crippen LogP contribution in [0.2, 0.25) is 0 Å². The van der Waals surface area contributed by atoms with Crippen molar-refractivity contribution in [3.8, 4) is 5.75 Å². The zero-order valence-electron chi connectivity index (χ0n) is 25.1. The van der Waals surface area contributed by atoms with Crippen LogP contribution in [0.25, 0.3) is 0 Å². The van der Waals surface area contributed by atoms with Gasteiger partial charge in [0, 0.05) is 24.5 Å². The minimum Gasteiger partial charge on any atom is -0.494 e. The lowest BCUT2D eigenvalue weighted by atomic mass is 9.66. The first kappa shape index (κ1) is 30.0. The molecule has 0 aromatic heterocycles. The van der Waals surface area contributed by atoms with Gasteiger partial charge in [-0.3, -0.25) is 14.4 Å².